The summed E-state index contributed by atoms with van der Waals surface area (Å²) in [7, 11) is 1.65. The topological polar surface area (TPSA) is 83.5 Å². The van der Waals surface area contributed by atoms with Crippen LogP contribution in [0, 0.1) is 5.92 Å². The van der Waals surface area contributed by atoms with Crippen LogP contribution in [0.5, 0.6) is 5.75 Å². The summed E-state index contributed by atoms with van der Waals surface area (Å²) in [6, 6.07) is 15.3. The van der Waals surface area contributed by atoms with E-state index in [1.54, 1.807) is 7.11 Å². The fourth-order valence-electron chi connectivity index (χ4n) is 3.88. The molecule has 206 valence electrons. The molecule has 2 N–H and O–H groups in total. The maximum Gasteiger partial charge on any atom is 0.407 e. The molecule has 0 fully saturated rings. The first-order valence-electron chi connectivity index (χ1n) is 13.0. The molecule has 8 nitrogen and oxygen atoms in total. The number of methoxy groups -OCH3 is 1. The van der Waals surface area contributed by atoms with Gasteiger partial charge in [-0.05, 0) is 68.9 Å². The number of benzene rings is 2. The van der Waals surface area contributed by atoms with Gasteiger partial charge in [0.1, 0.15) is 11.4 Å². The van der Waals surface area contributed by atoms with Crippen LogP contribution in [0.25, 0.3) is 0 Å². The molecule has 0 aliphatic rings. The van der Waals surface area contributed by atoms with Gasteiger partial charge in [-0.15, -0.1) is 0 Å². The summed E-state index contributed by atoms with van der Waals surface area (Å²) < 4.78 is 16.9. The highest BCUT2D eigenvalue weighted by Crippen LogP contribution is 2.26. The third-order valence-electron chi connectivity index (χ3n) is 5.61. The van der Waals surface area contributed by atoms with Crippen molar-refractivity contribution in [3.05, 3.63) is 59.7 Å². The van der Waals surface area contributed by atoms with Crippen molar-refractivity contribution in [1.29, 1.82) is 0 Å². The Labute approximate surface area is 222 Å². The third kappa shape index (κ3) is 11.0. The predicted octanol–water partition coefficient (Wildman–Crippen LogP) is 5.83. The van der Waals surface area contributed by atoms with Gasteiger partial charge >= 0.3 is 6.09 Å². The number of hydrogen-bond acceptors (Lipinski definition) is 7. The van der Waals surface area contributed by atoms with Crippen molar-refractivity contribution in [2.45, 2.75) is 72.6 Å². The number of hydrazine groups is 1. The zero-order valence-electron chi connectivity index (χ0n) is 23.5. The van der Waals surface area contributed by atoms with Crippen molar-refractivity contribution >= 4 is 11.8 Å². The van der Waals surface area contributed by atoms with Gasteiger partial charge in [0.25, 0.3) is 0 Å². The molecular formula is C29H45N3O5. The minimum atomic E-state index is -0.601. The number of rotatable bonds is 14. The molecule has 0 saturated heterocycles. The van der Waals surface area contributed by atoms with Gasteiger partial charge < -0.3 is 19.5 Å². The fraction of sp³-hybridized carbons (Fsp3) is 0.552. The van der Waals surface area contributed by atoms with Gasteiger partial charge in [-0.25, -0.2) is 4.79 Å². The Morgan fingerprint density at radius 3 is 2.41 bits per heavy atom. The normalized spacial score (nSPS) is 12.5. The maximum absolute atomic E-state index is 12.5. The number of carbonyl (C=O) groups is 1. The largest absolute Gasteiger partial charge is 0.496 e. The summed E-state index contributed by atoms with van der Waals surface area (Å²) >= 11 is 0. The van der Waals surface area contributed by atoms with E-state index in [-0.39, 0.29) is 6.04 Å². The Kier molecular flexibility index (Phi) is 12.2. The van der Waals surface area contributed by atoms with Crippen LogP contribution < -0.4 is 15.2 Å². The second-order valence-corrected chi connectivity index (χ2v) is 10.6. The smallest absolute Gasteiger partial charge is 0.407 e. The van der Waals surface area contributed by atoms with Crippen molar-refractivity contribution < 1.29 is 24.2 Å². The highest BCUT2D eigenvalue weighted by molar-refractivity contribution is 5.68. The van der Waals surface area contributed by atoms with E-state index in [0.717, 1.165) is 23.3 Å². The Bertz CT molecular complexity index is 946. The maximum atomic E-state index is 12.5. The monoisotopic (exact) mass is 515 g/mol. The Hall–Kier alpha value is -2.81. The lowest BCUT2D eigenvalue weighted by atomic mass is 10.1. The summed E-state index contributed by atoms with van der Waals surface area (Å²) in [5, 5.41) is 17.2. The molecule has 8 heteroatoms. The van der Waals surface area contributed by atoms with Crippen molar-refractivity contribution in [3.63, 3.8) is 0 Å². The molecule has 0 bridgehead atoms. The van der Waals surface area contributed by atoms with E-state index in [0.29, 0.717) is 44.3 Å². The van der Waals surface area contributed by atoms with Crippen LogP contribution in [-0.2, 0) is 22.5 Å². The second kappa shape index (κ2) is 14.8. The number of hydrogen-bond donors (Lipinski definition) is 2. The van der Waals surface area contributed by atoms with Crippen LogP contribution in [0.1, 0.15) is 59.1 Å². The van der Waals surface area contributed by atoms with E-state index in [1.165, 1.54) is 5.17 Å². The van der Waals surface area contributed by atoms with Crippen LogP contribution in [0.4, 0.5) is 10.5 Å². The zero-order valence-corrected chi connectivity index (χ0v) is 23.5. The van der Waals surface area contributed by atoms with Crippen LogP contribution in [-0.4, -0.2) is 54.8 Å². The molecule has 0 aliphatic heterocycles. The Morgan fingerprint density at radius 1 is 1.11 bits per heavy atom. The van der Waals surface area contributed by atoms with E-state index >= 15 is 0 Å². The van der Waals surface area contributed by atoms with E-state index in [2.05, 4.69) is 26.1 Å². The molecule has 0 spiro atoms. The molecule has 0 radical (unpaired) electrons. The Morgan fingerprint density at radius 2 is 1.81 bits per heavy atom. The molecule has 0 aromatic heterocycles. The first kappa shape index (κ1) is 30.4. The molecule has 37 heavy (non-hydrogen) atoms. The molecule has 2 aromatic carbocycles. The average Bonchev–Trinajstić information content (AvgIpc) is 2.84. The fourth-order valence-corrected chi connectivity index (χ4v) is 3.88. The summed E-state index contributed by atoms with van der Waals surface area (Å²) in [5.74, 6) is 1.11. The number of ether oxygens (including phenoxy) is 3. The van der Waals surface area contributed by atoms with Crippen LogP contribution in [0.15, 0.2) is 48.5 Å². The minimum Gasteiger partial charge on any atom is -0.496 e. The first-order valence-corrected chi connectivity index (χ1v) is 13.0. The lowest BCUT2D eigenvalue weighted by Crippen LogP contribution is -2.47. The highest BCUT2D eigenvalue weighted by Gasteiger charge is 2.23. The van der Waals surface area contributed by atoms with E-state index in [4.69, 9.17) is 14.2 Å². The van der Waals surface area contributed by atoms with Gasteiger partial charge in [0.2, 0.25) is 0 Å². The van der Waals surface area contributed by atoms with Crippen molar-refractivity contribution in [2.75, 3.05) is 32.0 Å². The molecule has 1 atom stereocenters. The van der Waals surface area contributed by atoms with Crippen LogP contribution >= 0.6 is 0 Å². The van der Waals surface area contributed by atoms with E-state index < -0.39 is 11.7 Å². The number of anilines is 1. The molecular weight excluding hydrogens is 470 g/mol. The van der Waals surface area contributed by atoms with Gasteiger partial charge in [0.05, 0.1) is 32.1 Å². The average molecular weight is 516 g/mol. The van der Waals surface area contributed by atoms with Gasteiger partial charge in [-0.1, -0.05) is 51.1 Å². The van der Waals surface area contributed by atoms with Crippen molar-refractivity contribution in [1.82, 2.24) is 10.3 Å². The van der Waals surface area contributed by atoms with E-state index in [1.807, 2.05) is 74.3 Å². The molecule has 0 aliphatic carbocycles. The van der Waals surface area contributed by atoms with Gasteiger partial charge in [-0.2, -0.15) is 10.2 Å². The second-order valence-electron chi connectivity index (χ2n) is 10.6. The lowest BCUT2D eigenvalue weighted by Gasteiger charge is -2.34. The lowest BCUT2D eigenvalue weighted by molar-refractivity contribution is 0.0330. The molecule has 2 rings (SSSR count). The number of aryl methyl sites for hydroxylation is 1. The summed E-state index contributed by atoms with van der Waals surface area (Å²) in [6.07, 6.45) is 0.851. The number of nitrogens with one attached hydrogen (secondary N) is 1. The minimum absolute atomic E-state index is 0.302. The first-order chi connectivity index (χ1) is 17.5. The highest BCUT2D eigenvalue weighted by atomic mass is 16.6. The van der Waals surface area contributed by atoms with E-state index in [9.17, 15) is 10.0 Å². The molecule has 0 saturated carbocycles. The quantitative estimate of drug-likeness (QED) is 0.306. The van der Waals surface area contributed by atoms with Gasteiger partial charge in [-0.3, -0.25) is 5.21 Å². The summed E-state index contributed by atoms with van der Waals surface area (Å²) in [6.45, 7) is 13.7. The Balaban J connectivity index is 2.12. The summed E-state index contributed by atoms with van der Waals surface area (Å²) in [4.78, 5) is 12.5. The number of alkyl carbamates (subject to hydrolysis) is 1. The third-order valence-corrected chi connectivity index (χ3v) is 5.61. The molecule has 1 amide bonds. The van der Waals surface area contributed by atoms with Gasteiger partial charge in [0.15, 0.2) is 0 Å². The van der Waals surface area contributed by atoms with Crippen molar-refractivity contribution in [2.24, 2.45) is 5.92 Å². The molecule has 2 aromatic rings. The summed E-state index contributed by atoms with van der Waals surface area (Å²) in [5.41, 5.74) is 2.14. The standard InChI is InChI=1S/C29H45N3O5/c1-8-24-18-26(14-15-27(24)35-7)32(34)31(19-22(2)3)17-16-25(30-28(33)37-29(4,5)6)21-36-20-23-12-10-9-11-13-23/h9-15,18,22,25,34H,8,16-17,19-21H2,1-7H3,(H,30,33). The van der Waals surface area contributed by atoms with Gasteiger partial charge in [0, 0.05) is 13.1 Å². The van der Waals surface area contributed by atoms with Crippen LogP contribution in [0.2, 0.25) is 0 Å². The number of amides is 1. The molecule has 0 heterocycles. The zero-order chi connectivity index (χ0) is 27.4. The molecule has 1 unspecified atom stereocenters. The SMILES string of the molecule is CCc1cc(N(O)N(CCC(COCc2ccccc2)NC(=O)OC(C)(C)C)CC(C)C)ccc1OC. The number of carbonyl (C=O) groups excluding carboxylic acids is 1. The number of nitrogens with zero attached hydrogens (tertiary/aromatic N) is 2. The van der Waals surface area contributed by atoms with Crippen LogP contribution in [0.3, 0.4) is 0 Å². The predicted molar refractivity (Wildman–Crippen MR) is 147 cm³/mol. The van der Waals surface area contributed by atoms with Crippen molar-refractivity contribution in [3.8, 4) is 5.75 Å².